The third-order valence-corrected chi connectivity index (χ3v) is 8.32. The van der Waals surface area contributed by atoms with Gasteiger partial charge in [0.05, 0.1) is 21.4 Å². The number of alkyl halides is 3. The van der Waals surface area contributed by atoms with E-state index in [-0.39, 0.29) is 23.5 Å². The van der Waals surface area contributed by atoms with E-state index >= 15 is 0 Å². The molecule has 0 aliphatic heterocycles. The number of ketones is 1. The van der Waals surface area contributed by atoms with Crippen LogP contribution in [0, 0.1) is 11.7 Å². The average Bonchev–Trinajstić information content (AvgIpc) is 2.77. The van der Waals surface area contributed by atoms with E-state index in [4.69, 9.17) is 0 Å². The molecule has 3 aromatic rings. The lowest BCUT2D eigenvalue weighted by Gasteiger charge is -2.34. The van der Waals surface area contributed by atoms with Crippen LogP contribution in [-0.2, 0) is 27.2 Å². The number of rotatable bonds is 7. The fourth-order valence-corrected chi connectivity index (χ4v) is 6.00. The molecule has 2 atom stereocenters. The fraction of sp³-hybridized carbons (Fsp3) is 0.292. The molecule has 0 saturated heterocycles. The maximum Gasteiger partial charge on any atom is 0.416 e. The highest BCUT2D eigenvalue weighted by Gasteiger charge is 2.45. The van der Waals surface area contributed by atoms with Crippen LogP contribution in [-0.4, -0.2) is 29.4 Å². The van der Waals surface area contributed by atoms with Crippen molar-refractivity contribution >= 4 is 15.6 Å². The first-order valence-corrected chi connectivity index (χ1v) is 12.1. The number of Topliss-reactive ketones (excluding diaryl/α,β-unsaturated/α-hetero) is 1. The summed E-state index contributed by atoms with van der Waals surface area (Å²) in [5.74, 6) is -1.37. The minimum atomic E-state index is -4.43. The summed E-state index contributed by atoms with van der Waals surface area (Å²) in [6.45, 7) is 0. The number of aryl methyl sites for hydroxylation is 1. The normalized spacial score (nSPS) is 18.4. The molecule has 178 valence electrons. The van der Waals surface area contributed by atoms with Gasteiger partial charge in [0.25, 0.3) is 0 Å². The quantitative estimate of drug-likeness (QED) is 0.341. The van der Waals surface area contributed by atoms with Gasteiger partial charge in [-0.3, -0.25) is 4.79 Å². The van der Waals surface area contributed by atoms with E-state index < -0.39 is 38.6 Å². The molecule has 0 spiro atoms. The van der Waals surface area contributed by atoms with Crippen molar-refractivity contribution < 1.29 is 30.8 Å². The number of aromatic nitrogens is 2. The van der Waals surface area contributed by atoms with E-state index in [0.29, 0.717) is 29.8 Å². The Morgan fingerprint density at radius 3 is 2.24 bits per heavy atom. The third kappa shape index (κ3) is 5.01. The number of sulfone groups is 1. The first kappa shape index (κ1) is 24.0. The number of benzene rings is 2. The van der Waals surface area contributed by atoms with E-state index in [1.165, 1.54) is 30.6 Å². The van der Waals surface area contributed by atoms with Crippen LogP contribution in [0.4, 0.5) is 17.6 Å². The fourth-order valence-electron chi connectivity index (χ4n) is 3.97. The van der Waals surface area contributed by atoms with Gasteiger partial charge in [0.2, 0.25) is 0 Å². The number of hydrogen-bond acceptors (Lipinski definition) is 5. The summed E-state index contributed by atoms with van der Waals surface area (Å²) in [7, 11) is -3.75. The SMILES string of the molecule is O=C(CCc1cc(-c2ccc(C(F)(F)F)cc2)ncn1)[C@@H]1CC[C@@H]1S(=O)(=O)c1ccc(F)cc1. The molecule has 0 bridgehead atoms. The Hall–Kier alpha value is -3.14. The lowest BCUT2D eigenvalue weighted by molar-refractivity contribution is -0.137. The highest BCUT2D eigenvalue weighted by atomic mass is 32.2. The van der Waals surface area contributed by atoms with Gasteiger partial charge in [-0.25, -0.2) is 22.8 Å². The summed E-state index contributed by atoms with van der Waals surface area (Å²) in [4.78, 5) is 21.0. The minimum absolute atomic E-state index is 0.00613. The van der Waals surface area contributed by atoms with E-state index in [1.54, 1.807) is 6.07 Å². The van der Waals surface area contributed by atoms with Gasteiger partial charge in [-0.15, -0.1) is 0 Å². The van der Waals surface area contributed by atoms with Crippen molar-refractivity contribution in [2.75, 3.05) is 0 Å². The van der Waals surface area contributed by atoms with E-state index in [0.717, 1.165) is 24.3 Å². The van der Waals surface area contributed by atoms with Crippen LogP contribution < -0.4 is 0 Å². The zero-order valence-corrected chi connectivity index (χ0v) is 18.6. The molecule has 0 N–H and O–H groups in total. The maximum absolute atomic E-state index is 13.1. The predicted octanol–water partition coefficient (Wildman–Crippen LogP) is 5.06. The van der Waals surface area contributed by atoms with Crippen molar-refractivity contribution in [3.63, 3.8) is 0 Å². The summed E-state index contributed by atoms with van der Waals surface area (Å²) >= 11 is 0. The van der Waals surface area contributed by atoms with Gasteiger partial charge < -0.3 is 0 Å². The van der Waals surface area contributed by atoms with Crippen molar-refractivity contribution in [2.24, 2.45) is 5.92 Å². The van der Waals surface area contributed by atoms with Crippen molar-refractivity contribution in [3.05, 3.63) is 78.0 Å². The Labute approximate surface area is 193 Å². The number of halogens is 4. The largest absolute Gasteiger partial charge is 0.416 e. The molecule has 5 nitrogen and oxygen atoms in total. The number of carbonyl (C=O) groups excluding carboxylic acids is 1. The molecular weight excluding hydrogens is 472 g/mol. The van der Waals surface area contributed by atoms with Crippen molar-refractivity contribution in [1.29, 1.82) is 0 Å². The Kier molecular flexibility index (Phi) is 6.53. The van der Waals surface area contributed by atoms with Gasteiger partial charge in [0.15, 0.2) is 9.84 Å². The van der Waals surface area contributed by atoms with Crippen molar-refractivity contribution in [2.45, 2.75) is 42.0 Å². The summed E-state index contributed by atoms with van der Waals surface area (Å²) in [5.41, 5.74) is 0.663. The lowest BCUT2D eigenvalue weighted by Crippen LogP contribution is -2.43. The topological polar surface area (TPSA) is 77.0 Å². The Morgan fingerprint density at radius 1 is 0.971 bits per heavy atom. The smallest absolute Gasteiger partial charge is 0.299 e. The van der Waals surface area contributed by atoms with Crippen molar-refractivity contribution in [3.8, 4) is 11.3 Å². The summed E-state index contributed by atoms with van der Waals surface area (Å²) in [6.07, 6.45) is -2.01. The molecule has 0 radical (unpaired) electrons. The second-order valence-electron chi connectivity index (χ2n) is 8.16. The summed E-state index contributed by atoms with van der Waals surface area (Å²) in [6, 6.07) is 10.7. The molecule has 4 rings (SSSR count). The zero-order chi connectivity index (χ0) is 24.5. The van der Waals surface area contributed by atoms with E-state index in [2.05, 4.69) is 9.97 Å². The molecule has 0 amide bonds. The summed E-state index contributed by atoms with van der Waals surface area (Å²) < 4.78 is 77.1. The second kappa shape index (κ2) is 9.25. The number of hydrogen-bond donors (Lipinski definition) is 0. The molecule has 1 aliphatic carbocycles. The van der Waals surface area contributed by atoms with Crippen LogP contribution in [0.1, 0.15) is 30.5 Å². The maximum atomic E-state index is 13.1. The van der Waals surface area contributed by atoms with E-state index in [1.807, 2.05) is 0 Å². The molecule has 2 aromatic carbocycles. The van der Waals surface area contributed by atoms with E-state index in [9.17, 15) is 30.8 Å². The molecule has 1 saturated carbocycles. The second-order valence-corrected chi connectivity index (χ2v) is 10.3. The Morgan fingerprint density at radius 2 is 1.65 bits per heavy atom. The van der Waals surface area contributed by atoms with Crippen LogP contribution in [0.15, 0.2) is 65.8 Å². The summed E-state index contributed by atoms with van der Waals surface area (Å²) in [5, 5.41) is -0.835. The van der Waals surface area contributed by atoms with Crippen LogP contribution in [0.25, 0.3) is 11.3 Å². The predicted molar refractivity (Wildman–Crippen MR) is 116 cm³/mol. The zero-order valence-electron chi connectivity index (χ0n) is 17.8. The minimum Gasteiger partial charge on any atom is -0.299 e. The highest BCUT2D eigenvalue weighted by molar-refractivity contribution is 7.92. The van der Waals surface area contributed by atoms with Gasteiger partial charge in [-0.1, -0.05) is 12.1 Å². The number of nitrogens with zero attached hydrogens (tertiary/aromatic N) is 2. The van der Waals surface area contributed by atoms with Gasteiger partial charge in [0, 0.05) is 23.6 Å². The van der Waals surface area contributed by atoms with Crippen LogP contribution in [0.3, 0.4) is 0 Å². The lowest BCUT2D eigenvalue weighted by atomic mass is 9.80. The van der Waals surface area contributed by atoms with Gasteiger partial charge in [-0.2, -0.15) is 13.2 Å². The molecule has 1 aromatic heterocycles. The Balaban J connectivity index is 1.41. The first-order valence-electron chi connectivity index (χ1n) is 10.6. The molecule has 1 fully saturated rings. The molecule has 0 unspecified atom stereocenters. The average molecular weight is 492 g/mol. The third-order valence-electron chi connectivity index (χ3n) is 6.02. The number of carbonyl (C=O) groups is 1. The van der Waals surface area contributed by atoms with Crippen LogP contribution in [0.5, 0.6) is 0 Å². The molecule has 10 heteroatoms. The first-order chi connectivity index (χ1) is 16.1. The van der Waals surface area contributed by atoms with Gasteiger partial charge in [0.1, 0.15) is 17.9 Å². The molecule has 1 heterocycles. The molecular formula is C24H20F4N2O3S. The van der Waals surface area contributed by atoms with Crippen LogP contribution in [0.2, 0.25) is 0 Å². The van der Waals surface area contributed by atoms with Gasteiger partial charge in [-0.05, 0) is 61.7 Å². The standard InChI is InChI=1S/C24H20F4N2O3S/c25-17-5-8-19(9-6-17)34(32,33)23-12-10-20(23)22(31)11-7-18-13-21(30-14-29-18)15-1-3-16(4-2-15)24(26,27)28/h1-6,8-9,13-14,20,23H,7,10-12H2/t20-,23-/m0/s1. The van der Waals surface area contributed by atoms with Crippen LogP contribution >= 0.6 is 0 Å². The van der Waals surface area contributed by atoms with Gasteiger partial charge >= 0.3 is 6.18 Å². The van der Waals surface area contributed by atoms with Crippen molar-refractivity contribution in [1.82, 2.24) is 9.97 Å². The Bertz CT molecular complexity index is 1290. The molecule has 1 aliphatic rings. The molecule has 34 heavy (non-hydrogen) atoms. The monoisotopic (exact) mass is 492 g/mol. The highest BCUT2D eigenvalue weighted by Crippen LogP contribution is 2.38.